The highest BCUT2D eigenvalue weighted by Gasteiger charge is 2.44. The van der Waals surface area contributed by atoms with Crippen LogP contribution < -0.4 is 10.1 Å². The van der Waals surface area contributed by atoms with E-state index in [4.69, 9.17) is 14.2 Å². The second kappa shape index (κ2) is 11.1. The number of amides is 1. The molecule has 1 saturated heterocycles. The van der Waals surface area contributed by atoms with Crippen LogP contribution in [0.3, 0.4) is 0 Å². The maximum atomic E-state index is 13.7. The molecule has 2 aromatic rings. The Kier molecular flexibility index (Phi) is 7.79. The maximum absolute atomic E-state index is 13.7. The number of carbonyl (C=O) groups is 4. The van der Waals surface area contributed by atoms with Crippen molar-refractivity contribution >= 4 is 29.3 Å². The Hall–Kier alpha value is -4.27. The van der Waals surface area contributed by atoms with Crippen LogP contribution in [0.25, 0.3) is 6.08 Å². The summed E-state index contributed by atoms with van der Waals surface area (Å²) in [6.45, 7) is 0.630. The molecule has 0 bridgehead atoms. The van der Waals surface area contributed by atoms with Gasteiger partial charge in [-0.05, 0) is 25.5 Å². The number of ketones is 3. The van der Waals surface area contributed by atoms with Crippen molar-refractivity contribution in [2.75, 3.05) is 13.7 Å². The molecule has 2 aliphatic carbocycles. The highest BCUT2D eigenvalue weighted by atomic mass is 19.4. The summed E-state index contributed by atoms with van der Waals surface area (Å²) in [6, 6.07) is 3.27. The van der Waals surface area contributed by atoms with E-state index in [1.807, 2.05) is 5.32 Å². The molecule has 3 aliphatic rings. The normalized spacial score (nSPS) is 23.1. The van der Waals surface area contributed by atoms with Gasteiger partial charge in [-0.1, -0.05) is 12.1 Å². The molecule has 2 aromatic carbocycles. The van der Waals surface area contributed by atoms with E-state index in [1.165, 1.54) is 31.4 Å². The molecular formula is C29H26F3NO10. The molecule has 0 spiro atoms. The van der Waals surface area contributed by atoms with Gasteiger partial charge in [0.15, 0.2) is 17.9 Å². The van der Waals surface area contributed by atoms with Crippen LogP contribution in [0, 0.1) is 0 Å². The Bertz CT molecular complexity index is 1580. The van der Waals surface area contributed by atoms with Gasteiger partial charge in [0.25, 0.3) is 0 Å². The second-order valence-electron chi connectivity index (χ2n) is 10.4. The van der Waals surface area contributed by atoms with Crippen molar-refractivity contribution in [3.63, 3.8) is 0 Å². The summed E-state index contributed by atoms with van der Waals surface area (Å²) in [5.74, 6) is -5.91. The number of ether oxygens (including phenoxy) is 3. The lowest BCUT2D eigenvalue weighted by Gasteiger charge is -2.37. The molecular weight excluding hydrogens is 579 g/mol. The lowest BCUT2D eigenvalue weighted by molar-refractivity contribution is -0.219. The number of halogens is 3. The Morgan fingerprint density at radius 3 is 2.42 bits per heavy atom. The average Bonchev–Trinajstić information content (AvgIpc) is 2.95. The average molecular weight is 606 g/mol. The fraction of sp³-hybridized carbons (Fsp3) is 0.379. The molecule has 1 fully saturated rings. The molecule has 1 heterocycles. The predicted molar refractivity (Wildman–Crippen MR) is 140 cm³/mol. The van der Waals surface area contributed by atoms with Gasteiger partial charge < -0.3 is 34.8 Å². The van der Waals surface area contributed by atoms with Crippen molar-refractivity contribution in [2.24, 2.45) is 0 Å². The number of nitrogens with one attached hydrogen (secondary N) is 1. The Labute approximate surface area is 241 Å². The summed E-state index contributed by atoms with van der Waals surface area (Å²) in [4.78, 5) is 51.3. The molecule has 0 aromatic heterocycles. The zero-order valence-corrected chi connectivity index (χ0v) is 22.8. The molecule has 4 N–H and O–H groups in total. The lowest BCUT2D eigenvalue weighted by atomic mass is 9.77. The van der Waals surface area contributed by atoms with Crippen LogP contribution in [-0.2, 0) is 19.1 Å². The lowest BCUT2D eigenvalue weighted by Crippen LogP contribution is -2.49. The molecule has 3 unspecified atom stereocenters. The van der Waals surface area contributed by atoms with Gasteiger partial charge in [0, 0.05) is 41.1 Å². The number of hydrogen-bond donors (Lipinski definition) is 4. The summed E-state index contributed by atoms with van der Waals surface area (Å²) >= 11 is 0. The number of Topliss-reactive ketones (excluding diaryl/α,β-unsaturated/α-hetero) is 1. The van der Waals surface area contributed by atoms with Crippen molar-refractivity contribution in [1.29, 1.82) is 0 Å². The van der Waals surface area contributed by atoms with Crippen molar-refractivity contribution < 1.29 is 61.9 Å². The highest BCUT2D eigenvalue weighted by molar-refractivity contribution is 6.31. The van der Waals surface area contributed by atoms with Gasteiger partial charge in [0.05, 0.1) is 36.0 Å². The Morgan fingerprint density at radius 2 is 1.77 bits per heavy atom. The van der Waals surface area contributed by atoms with Crippen LogP contribution in [0.5, 0.6) is 17.2 Å². The topological polar surface area (TPSA) is 169 Å². The number of rotatable bonds is 6. The van der Waals surface area contributed by atoms with E-state index in [-0.39, 0.29) is 52.8 Å². The SMILES string of the molecule is COc1cccc2c1C(=O)c1c(O)c3c(c(O)c1C2=O)C=C(C(=O)CO)C[C@@H]3OC1CC(NC(=O)C(F)(F)F)CC(C)O1. The van der Waals surface area contributed by atoms with E-state index >= 15 is 0 Å². The van der Waals surface area contributed by atoms with E-state index in [0.29, 0.717) is 0 Å². The van der Waals surface area contributed by atoms with Crippen molar-refractivity contribution in [1.82, 2.24) is 5.32 Å². The monoisotopic (exact) mass is 605 g/mol. The number of phenolic OH excluding ortho intramolecular Hbond substituents is 2. The molecule has 1 amide bonds. The fourth-order valence-corrected chi connectivity index (χ4v) is 5.76. The highest BCUT2D eigenvalue weighted by Crippen LogP contribution is 2.51. The number of alkyl halides is 3. The van der Waals surface area contributed by atoms with E-state index < -0.39 is 83.2 Å². The minimum absolute atomic E-state index is 0.0362. The molecule has 0 radical (unpaired) electrons. The number of aliphatic hydroxyl groups is 1. The van der Waals surface area contributed by atoms with Crippen LogP contribution in [0.1, 0.15) is 75.3 Å². The van der Waals surface area contributed by atoms with Gasteiger partial charge in [-0.2, -0.15) is 13.2 Å². The van der Waals surface area contributed by atoms with Crippen molar-refractivity contribution in [2.45, 2.75) is 56.9 Å². The number of hydrogen-bond acceptors (Lipinski definition) is 10. The molecule has 228 valence electrons. The van der Waals surface area contributed by atoms with Crippen LogP contribution in [0.4, 0.5) is 13.2 Å². The zero-order chi connectivity index (χ0) is 31.4. The molecule has 0 saturated carbocycles. The third-order valence-corrected chi connectivity index (χ3v) is 7.63. The minimum Gasteiger partial charge on any atom is -0.507 e. The number of benzene rings is 2. The second-order valence-corrected chi connectivity index (χ2v) is 10.4. The van der Waals surface area contributed by atoms with Gasteiger partial charge >= 0.3 is 12.1 Å². The third-order valence-electron chi connectivity index (χ3n) is 7.63. The number of aromatic hydroxyl groups is 2. The van der Waals surface area contributed by atoms with Crippen LogP contribution in [0.15, 0.2) is 23.8 Å². The third kappa shape index (κ3) is 5.26. The molecule has 43 heavy (non-hydrogen) atoms. The van der Waals surface area contributed by atoms with E-state index in [1.54, 1.807) is 6.92 Å². The minimum atomic E-state index is -5.11. The standard InChI is InChI=1S/C29H26F3NO10/c1-11-6-13(33-28(40)29(30,31)32)9-19(42-11)43-18-8-12(16(35)10-34)7-15-21(18)27(39)23-22(25(15)37)24(36)14-4-3-5-17(41-2)20(14)26(23)38/h3-5,7,11,13,18-19,34,37,39H,6,8-10H2,1-2H3,(H,33,40)/t11?,13?,18-,19?/m0/s1. The van der Waals surface area contributed by atoms with Crippen molar-refractivity contribution in [3.05, 3.63) is 57.2 Å². The molecule has 14 heteroatoms. The predicted octanol–water partition coefficient (Wildman–Crippen LogP) is 2.86. The van der Waals surface area contributed by atoms with Gasteiger partial charge in [0.2, 0.25) is 5.78 Å². The molecule has 11 nitrogen and oxygen atoms in total. The molecule has 5 rings (SSSR count). The summed E-state index contributed by atoms with van der Waals surface area (Å²) in [7, 11) is 1.29. The largest absolute Gasteiger partial charge is 0.507 e. The fourth-order valence-electron chi connectivity index (χ4n) is 5.76. The maximum Gasteiger partial charge on any atom is 0.471 e. The van der Waals surface area contributed by atoms with Gasteiger partial charge in [-0.3, -0.25) is 19.2 Å². The Morgan fingerprint density at radius 1 is 1.07 bits per heavy atom. The molecule has 1 aliphatic heterocycles. The smallest absolute Gasteiger partial charge is 0.471 e. The quantitative estimate of drug-likeness (QED) is 0.307. The van der Waals surface area contributed by atoms with Gasteiger partial charge in [0.1, 0.15) is 23.9 Å². The summed E-state index contributed by atoms with van der Waals surface area (Å²) < 4.78 is 55.6. The van der Waals surface area contributed by atoms with E-state index in [0.717, 1.165) is 0 Å². The Balaban J connectivity index is 1.59. The number of aliphatic hydroxyl groups excluding tert-OH is 1. The van der Waals surface area contributed by atoms with Gasteiger partial charge in [-0.15, -0.1) is 0 Å². The summed E-state index contributed by atoms with van der Waals surface area (Å²) in [5.41, 5.74) is -1.70. The van der Waals surface area contributed by atoms with E-state index in [9.17, 15) is 47.7 Å². The number of phenols is 2. The first kappa shape index (κ1) is 30.2. The number of methoxy groups -OCH3 is 1. The first-order chi connectivity index (χ1) is 20.3. The summed E-state index contributed by atoms with van der Waals surface area (Å²) in [6.07, 6.45) is -7.73. The summed E-state index contributed by atoms with van der Waals surface area (Å²) in [5, 5.41) is 34.2. The van der Waals surface area contributed by atoms with Crippen molar-refractivity contribution in [3.8, 4) is 17.2 Å². The first-order valence-corrected chi connectivity index (χ1v) is 13.2. The van der Waals surface area contributed by atoms with Crippen LogP contribution >= 0.6 is 0 Å². The van der Waals surface area contributed by atoms with Gasteiger partial charge in [-0.25, -0.2) is 0 Å². The van der Waals surface area contributed by atoms with Crippen LogP contribution in [0.2, 0.25) is 0 Å². The molecule has 4 atom stereocenters. The number of carbonyl (C=O) groups excluding carboxylic acids is 4. The zero-order valence-electron chi connectivity index (χ0n) is 22.8. The van der Waals surface area contributed by atoms with E-state index in [2.05, 4.69) is 0 Å². The van der Waals surface area contributed by atoms with Crippen LogP contribution in [-0.4, -0.2) is 76.9 Å². The first-order valence-electron chi connectivity index (χ1n) is 13.2. The number of fused-ring (bicyclic) bond motifs is 3.